The van der Waals surface area contributed by atoms with Gasteiger partial charge in [-0.3, -0.25) is 0 Å². The maximum absolute atomic E-state index is 5.96. The van der Waals surface area contributed by atoms with E-state index in [9.17, 15) is 0 Å². The number of aryl methyl sites for hydroxylation is 1. The third-order valence-corrected chi connectivity index (χ3v) is 2.97. The first kappa shape index (κ1) is 11.1. The summed E-state index contributed by atoms with van der Waals surface area (Å²) < 4.78 is 1.77. The molecule has 4 heteroatoms. The first-order chi connectivity index (χ1) is 7.59. The van der Waals surface area contributed by atoms with Crippen molar-refractivity contribution in [2.75, 3.05) is 0 Å². The van der Waals surface area contributed by atoms with Crippen LogP contribution in [-0.4, -0.2) is 15.0 Å². The van der Waals surface area contributed by atoms with Crippen LogP contribution in [0.15, 0.2) is 24.4 Å². The SMILES string of the molecule is Cc1cccc(-n2cc(C(C)Cl)nn2)c1C. The predicted octanol–water partition coefficient (Wildman–Crippen LogP) is 3.18. The molecule has 1 heterocycles. The first-order valence-electron chi connectivity index (χ1n) is 5.22. The Kier molecular flexibility index (Phi) is 2.97. The van der Waals surface area contributed by atoms with Gasteiger partial charge in [0, 0.05) is 0 Å². The van der Waals surface area contributed by atoms with E-state index < -0.39 is 0 Å². The van der Waals surface area contributed by atoms with E-state index in [0.717, 1.165) is 11.4 Å². The van der Waals surface area contributed by atoms with Gasteiger partial charge >= 0.3 is 0 Å². The van der Waals surface area contributed by atoms with Crippen LogP contribution in [0.5, 0.6) is 0 Å². The number of rotatable bonds is 2. The number of hydrogen-bond donors (Lipinski definition) is 0. The van der Waals surface area contributed by atoms with E-state index in [-0.39, 0.29) is 5.38 Å². The third kappa shape index (κ3) is 1.95. The molecule has 3 nitrogen and oxygen atoms in total. The second-order valence-corrected chi connectivity index (χ2v) is 4.58. The van der Waals surface area contributed by atoms with Gasteiger partial charge in [0.25, 0.3) is 0 Å². The number of aromatic nitrogens is 3. The van der Waals surface area contributed by atoms with Crippen LogP contribution in [0, 0.1) is 13.8 Å². The molecule has 1 aromatic carbocycles. The highest BCUT2D eigenvalue weighted by Crippen LogP contribution is 2.20. The van der Waals surface area contributed by atoms with Gasteiger partial charge in [0.1, 0.15) is 5.69 Å². The summed E-state index contributed by atoms with van der Waals surface area (Å²) in [5.74, 6) is 0. The van der Waals surface area contributed by atoms with E-state index >= 15 is 0 Å². The Morgan fingerprint density at radius 1 is 1.31 bits per heavy atom. The van der Waals surface area contributed by atoms with E-state index in [1.807, 2.05) is 25.3 Å². The lowest BCUT2D eigenvalue weighted by Gasteiger charge is -2.06. The first-order valence-corrected chi connectivity index (χ1v) is 5.66. The van der Waals surface area contributed by atoms with Crippen LogP contribution < -0.4 is 0 Å². The number of hydrogen-bond acceptors (Lipinski definition) is 2. The Hall–Kier alpha value is -1.35. The van der Waals surface area contributed by atoms with E-state index in [2.05, 4.69) is 30.2 Å². The molecule has 0 amide bonds. The molecule has 0 fully saturated rings. The van der Waals surface area contributed by atoms with Gasteiger partial charge in [-0.15, -0.1) is 16.7 Å². The van der Waals surface area contributed by atoms with Crippen molar-refractivity contribution < 1.29 is 0 Å². The minimum absolute atomic E-state index is 0.112. The van der Waals surface area contributed by atoms with Gasteiger partial charge in [-0.2, -0.15) is 0 Å². The molecule has 0 saturated heterocycles. The largest absolute Gasteiger partial charge is 0.220 e. The van der Waals surface area contributed by atoms with Gasteiger partial charge < -0.3 is 0 Å². The van der Waals surface area contributed by atoms with Crippen LogP contribution in [0.4, 0.5) is 0 Å². The highest BCUT2D eigenvalue weighted by Gasteiger charge is 2.09. The molecule has 1 unspecified atom stereocenters. The van der Waals surface area contributed by atoms with Crippen molar-refractivity contribution in [1.29, 1.82) is 0 Å². The Labute approximate surface area is 100 Å². The average Bonchev–Trinajstić information content (AvgIpc) is 2.71. The quantitative estimate of drug-likeness (QED) is 0.749. The standard InChI is InChI=1S/C12H14ClN3/c1-8-5-4-6-12(9(8)2)16-7-11(10(3)13)14-15-16/h4-7,10H,1-3H3. The summed E-state index contributed by atoms with van der Waals surface area (Å²) in [6, 6.07) is 6.13. The summed E-state index contributed by atoms with van der Waals surface area (Å²) in [6.07, 6.45) is 1.87. The zero-order valence-electron chi connectivity index (χ0n) is 9.61. The maximum atomic E-state index is 5.96. The molecule has 0 saturated carbocycles. The van der Waals surface area contributed by atoms with Crippen LogP contribution in [0.2, 0.25) is 0 Å². The Bertz CT molecular complexity index is 503. The van der Waals surface area contributed by atoms with Crippen molar-refractivity contribution in [2.45, 2.75) is 26.1 Å². The van der Waals surface area contributed by atoms with Gasteiger partial charge in [-0.05, 0) is 38.0 Å². The Morgan fingerprint density at radius 2 is 2.06 bits per heavy atom. The predicted molar refractivity (Wildman–Crippen MR) is 65.1 cm³/mol. The van der Waals surface area contributed by atoms with Gasteiger partial charge in [0.2, 0.25) is 0 Å². The van der Waals surface area contributed by atoms with Crippen molar-refractivity contribution in [3.05, 3.63) is 41.2 Å². The Balaban J connectivity index is 2.47. The molecule has 84 valence electrons. The van der Waals surface area contributed by atoms with Gasteiger partial charge in [-0.25, -0.2) is 4.68 Å². The molecular formula is C12H14ClN3. The molecule has 0 spiro atoms. The molecule has 0 radical (unpaired) electrons. The van der Waals surface area contributed by atoms with E-state index in [1.54, 1.807) is 4.68 Å². The van der Waals surface area contributed by atoms with E-state index in [0.29, 0.717) is 0 Å². The van der Waals surface area contributed by atoms with Crippen molar-refractivity contribution in [3.63, 3.8) is 0 Å². The summed E-state index contributed by atoms with van der Waals surface area (Å²) >= 11 is 5.96. The van der Waals surface area contributed by atoms with E-state index in [1.165, 1.54) is 11.1 Å². The maximum Gasteiger partial charge on any atom is 0.101 e. The summed E-state index contributed by atoms with van der Waals surface area (Å²) in [5, 5.41) is 8.02. The lowest BCUT2D eigenvalue weighted by atomic mass is 10.1. The fourth-order valence-corrected chi connectivity index (χ4v) is 1.66. The number of benzene rings is 1. The molecule has 0 bridgehead atoms. The van der Waals surface area contributed by atoms with Crippen molar-refractivity contribution in [2.24, 2.45) is 0 Å². The van der Waals surface area contributed by atoms with Gasteiger partial charge in [0.05, 0.1) is 17.3 Å². The lowest BCUT2D eigenvalue weighted by molar-refractivity contribution is 0.791. The zero-order valence-corrected chi connectivity index (χ0v) is 10.4. The van der Waals surface area contributed by atoms with Crippen LogP contribution in [0.3, 0.4) is 0 Å². The average molecular weight is 236 g/mol. The van der Waals surface area contributed by atoms with Crippen LogP contribution >= 0.6 is 11.6 Å². The fraction of sp³-hybridized carbons (Fsp3) is 0.333. The molecule has 0 aliphatic rings. The van der Waals surface area contributed by atoms with Crippen molar-refractivity contribution in [3.8, 4) is 5.69 Å². The Morgan fingerprint density at radius 3 is 2.69 bits per heavy atom. The van der Waals surface area contributed by atoms with Gasteiger partial charge in [-0.1, -0.05) is 17.3 Å². The molecule has 0 aliphatic carbocycles. The van der Waals surface area contributed by atoms with Crippen LogP contribution in [0.1, 0.15) is 29.1 Å². The summed E-state index contributed by atoms with van der Waals surface area (Å²) in [4.78, 5) is 0. The van der Waals surface area contributed by atoms with Crippen molar-refractivity contribution in [1.82, 2.24) is 15.0 Å². The molecule has 2 aromatic rings. The van der Waals surface area contributed by atoms with Crippen LogP contribution in [-0.2, 0) is 0 Å². The van der Waals surface area contributed by atoms with E-state index in [4.69, 9.17) is 11.6 Å². The zero-order chi connectivity index (χ0) is 11.7. The summed E-state index contributed by atoms with van der Waals surface area (Å²) in [7, 11) is 0. The second kappa shape index (κ2) is 4.26. The minimum atomic E-state index is -0.112. The molecule has 1 aromatic heterocycles. The second-order valence-electron chi connectivity index (χ2n) is 3.92. The highest BCUT2D eigenvalue weighted by atomic mass is 35.5. The molecule has 2 rings (SSSR count). The lowest BCUT2D eigenvalue weighted by Crippen LogP contribution is -1.99. The topological polar surface area (TPSA) is 30.7 Å². The molecule has 0 N–H and O–H groups in total. The monoisotopic (exact) mass is 235 g/mol. The number of nitrogens with zero attached hydrogens (tertiary/aromatic N) is 3. The summed E-state index contributed by atoms with van der Waals surface area (Å²) in [5.41, 5.74) is 4.30. The number of halogens is 1. The smallest absolute Gasteiger partial charge is 0.101 e. The molecule has 1 atom stereocenters. The third-order valence-electron chi connectivity index (χ3n) is 2.74. The summed E-state index contributed by atoms with van der Waals surface area (Å²) in [6.45, 7) is 6.05. The molecule has 16 heavy (non-hydrogen) atoms. The molecule has 0 aliphatic heterocycles. The van der Waals surface area contributed by atoms with Gasteiger partial charge in [0.15, 0.2) is 0 Å². The molecular weight excluding hydrogens is 222 g/mol. The van der Waals surface area contributed by atoms with Crippen LogP contribution in [0.25, 0.3) is 5.69 Å². The highest BCUT2D eigenvalue weighted by molar-refractivity contribution is 6.20. The number of alkyl halides is 1. The normalized spacial score (nSPS) is 12.8. The van der Waals surface area contributed by atoms with Crippen molar-refractivity contribution >= 4 is 11.6 Å². The fourth-order valence-electron chi connectivity index (χ4n) is 1.56. The minimum Gasteiger partial charge on any atom is -0.220 e.